The van der Waals surface area contributed by atoms with Gasteiger partial charge in [0.2, 0.25) is 0 Å². The van der Waals surface area contributed by atoms with Gasteiger partial charge in [-0.15, -0.1) is 0 Å². The summed E-state index contributed by atoms with van der Waals surface area (Å²) in [6.45, 7) is 0.815. The number of rotatable bonds is 1. The Labute approximate surface area is 112 Å². The van der Waals surface area contributed by atoms with Crippen molar-refractivity contribution in [3.8, 4) is 0 Å². The summed E-state index contributed by atoms with van der Waals surface area (Å²) in [4.78, 5) is 21.9. The van der Waals surface area contributed by atoms with Crippen LogP contribution in [0.4, 0.5) is 0 Å². The lowest BCUT2D eigenvalue weighted by atomic mass is 9.94. The van der Waals surface area contributed by atoms with E-state index in [-0.39, 0.29) is 12.0 Å². The first-order valence-electron chi connectivity index (χ1n) is 5.88. The first kappa shape index (κ1) is 15.1. The van der Waals surface area contributed by atoms with Crippen LogP contribution in [0.15, 0.2) is 24.3 Å². The van der Waals surface area contributed by atoms with E-state index in [1.807, 2.05) is 24.1 Å². The quantitative estimate of drug-likeness (QED) is 0.432. The van der Waals surface area contributed by atoms with Crippen LogP contribution in [0.25, 0.3) is 0 Å². The van der Waals surface area contributed by atoms with Gasteiger partial charge in [0, 0.05) is 11.5 Å². The molecule has 0 fully saturated rings. The molecule has 104 valence electrons. The fourth-order valence-electron chi connectivity index (χ4n) is 2.05. The number of benzene rings is 1. The fourth-order valence-corrected chi connectivity index (χ4v) is 2.05. The van der Waals surface area contributed by atoms with E-state index in [0.717, 1.165) is 20.0 Å². The predicted octanol–water partition coefficient (Wildman–Crippen LogP) is 1.11. The Morgan fingerprint density at radius 1 is 1.42 bits per heavy atom. The molecular formula is C13H18N2O4. The van der Waals surface area contributed by atoms with Gasteiger partial charge in [-0.1, -0.05) is 24.3 Å². The molecule has 0 radical (unpaired) electrons. The Morgan fingerprint density at radius 3 is 2.47 bits per heavy atom. The molecule has 1 heterocycles. The maximum absolute atomic E-state index is 11.5. The van der Waals surface area contributed by atoms with Crippen molar-refractivity contribution in [2.45, 2.75) is 19.0 Å². The van der Waals surface area contributed by atoms with Gasteiger partial charge in [0.25, 0.3) is 0 Å². The van der Waals surface area contributed by atoms with Crippen LogP contribution in [-0.2, 0) is 22.5 Å². The lowest BCUT2D eigenvalue weighted by Gasteiger charge is -2.31. The third-order valence-corrected chi connectivity index (χ3v) is 2.96. The number of nitrogens with zero attached hydrogens (tertiary/aromatic N) is 2. The monoisotopic (exact) mass is 266 g/mol. The van der Waals surface area contributed by atoms with Crippen molar-refractivity contribution < 1.29 is 14.5 Å². The number of carbonyl (C=O) groups excluding carboxylic acids is 1. The Balaban J connectivity index is 0.000000399. The van der Waals surface area contributed by atoms with Crippen molar-refractivity contribution in [1.29, 1.82) is 0 Å². The Kier molecular flexibility index (Phi) is 5.44. The minimum atomic E-state index is -0.500. The molecule has 1 atom stereocenters. The summed E-state index contributed by atoms with van der Waals surface area (Å²) in [6.07, 6.45) is 0.749. The standard InChI is InChI=1S/C12H15NO2.CH3NO2/c1-13-8-10-6-4-3-5-9(10)7-11(13)12(14)15-2;1-2(3)4/h3-6,11H,7-8H2,1-2H3;1H3. The van der Waals surface area contributed by atoms with Gasteiger partial charge in [-0.25, -0.2) is 0 Å². The fraction of sp³-hybridized carbons (Fsp3) is 0.462. The molecule has 2 rings (SSSR count). The number of methoxy groups -OCH3 is 1. The molecule has 0 saturated heterocycles. The molecule has 1 aromatic carbocycles. The zero-order valence-electron chi connectivity index (χ0n) is 11.3. The highest BCUT2D eigenvalue weighted by Gasteiger charge is 2.29. The molecule has 6 nitrogen and oxygen atoms in total. The van der Waals surface area contributed by atoms with Crippen LogP contribution in [0, 0.1) is 10.1 Å². The van der Waals surface area contributed by atoms with E-state index in [9.17, 15) is 4.79 Å². The molecule has 0 aromatic heterocycles. The first-order valence-corrected chi connectivity index (χ1v) is 5.88. The smallest absolute Gasteiger partial charge is 0.323 e. The normalized spacial score (nSPS) is 17.7. The van der Waals surface area contributed by atoms with E-state index in [1.54, 1.807) is 0 Å². The molecule has 0 aliphatic carbocycles. The number of nitro groups is 1. The molecule has 19 heavy (non-hydrogen) atoms. The largest absolute Gasteiger partial charge is 0.468 e. The number of carbonyl (C=O) groups is 1. The summed E-state index contributed by atoms with van der Waals surface area (Å²) in [5.74, 6) is -0.146. The molecule has 0 N–H and O–H groups in total. The zero-order chi connectivity index (χ0) is 14.4. The number of likely N-dealkylation sites (N-methyl/N-ethyl adjacent to an activating group) is 1. The van der Waals surface area contributed by atoms with Crippen molar-refractivity contribution in [2.75, 3.05) is 21.2 Å². The van der Waals surface area contributed by atoms with Crippen LogP contribution >= 0.6 is 0 Å². The average molecular weight is 266 g/mol. The van der Waals surface area contributed by atoms with Crippen LogP contribution in [0.2, 0.25) is 0 Å². The second-order valence-electron chi connectivity index (χ2n) is 4.37. The lowest BCUT2D eigenvalue weighted by Crippen LogP contribution is -2.43. The number of ether oxygens (including phenoxy) is 1. The lowest BCUT2D eigenvalue weighted by molar-refractivity contribution is -0.445. The minimum Gasteiger partial charge on any atom is -0.468 e. The van der Waals surface area contributed by atoms with Crippen molar-refractivity contribution in [3.63, 3.8) is 0 Å². The van der Waals surface area contributed by atoms with Crippen LogP contribution in [-0.4, -0.2) is 43.0 Å². The zero-order valence-corrected chi connectivity index (χ0v) is 11.3. The number of esters is 1. The maximum Gasteiger partial charge on any atom is 0.323 e. The third-order valence-electron chi connectivity index (χ3n) is 2.96. The summed E-state index contributed by atoms with van der Waals surface area (Å²) in [7, 11) is 4.29. The van der Waals surface area contributed by atoms with E-state index in [1.165, 1.54) is 18.2 Å². The van der Waals surface area contributed by atoms with Gasteiger partial charge < -0.3 is 4.74 Å². The predicted molar refractivity (Wildman–Crippen MR) is 70.3 cm³/mol. The van der Waals surface area contributed by atoms with Crippen molar-refractivity contribution in [2.24, 2.45) is 0 Å². The maximum atomic E-state index is 11.5. The second kappa shape index (κ2) is 6.84. The highest BCUT2D eigenvalue weighted by Crippen LogP contribution is 2.22. The minimum absolute atomic E-state index is 0.134. The van der Waals surface area contributed by atoms with Crippen LogP contribution in [0.5, 0.6) is 0 Å². The molecule has 1 aliphatic heterocycles. The van der Waals surface area contributed by atoms with E-state index >= 15 is 0 Å². The summed E-state index contributed by atoms with van der Waals surface area (Å²) in [5.41, 5.74) is 2.56. The first-order chi connectivity index (χ1) is 8.95. The molecule has 1 unspecified atom stereocenters. The highest BCUT2D eigenvalue weighted by molar-refractivity contribution is 5.76. The summed E-state index contributed by atoms with van der Waals surface area (Å²) >= 11 is 0. The van der Waals surface area contributed by atoms with Gasteiger partial charge in [0.15, 0.2) is 7.05 Å². The Hall–Kier alpha value is -1.95. The average Bonchev–Trinajstić information content (AvgIpc) is 2.36. The van der Waals surface area contributed by atoms with E-state index in [2.05, 4.69) is 12.1 Å². The number of hydrogen-bond donors (Lipinski definition) is 0. The molecule has 0 saturated carbocycles. The van der Waals surface area contributed by atoms with Crippen LogP contribution in [0.3, 0.4) is 0 Å². The molecule has 0 spiro atoms. The van der Waals surface area contributed by atoms with Crippen molar-refractivity contribution in [3.05, 3.63) is 45.5 Å². The van der Waals surface area contributed by atoms with Gasteiger partial charge in [-0.2, -0.15) is 0 Å². The molecule has 0 bridgehead atoms. The van der Waals surface area contributed by atoms with Gasteiger partial charge >= 0.3 is 5.97 Å². The van der Waals surface area contributed by atoms with Gasteiger partial charge in [0.05, 0.1) is 7.11 Å². The van der Waals surface area contributed by atoms with Gasteiger partial charge in [0.1, 0.15) is 6.04 Å². The summed E-state index contributed by atoms with van der Waals surface area (Å²) < 4.78 is 4.79. The number of fused-ring (bicyclic) bond motifs is 1. The van der Waals surface area contributed by atoms with E-state index in [4.69, 9.17) is 14.9 Å². The van der Waals surface area contributed by atoms with E-state index < -0.39 is 4.92 Å². The second-order valence-corrected chi connectivity index (χ2v) is 4.37. The SMILES string of the molecule is COC(=O)C1Cc2ccccc2CN1C.C[N+](=O)[O-]. The van der Waals surface area contributed by atoms with E-state index in [0.29, 0.717) is 0 Å². The Morgan fingerprint density at radius 2 is 1.95 bits per heavy atom. The summed E-state index contributed by atoms with van der Waals surface area (Å²) in [6, 6.07) is 8.10. The number of hydrogen-bond acceptors (Lipinski definition) is 5. The highest BCUT2D eigenvalue weighted by atomic mass is 16.6. The van der Waals surface area contributed by atoms with Crippen LogP contribution in [0.1, 0.15) is 11.1 Å². The van der Waals surface area contributed by atoms with Crippen molar-refractivity contribution >= 4 is 5.97 Å². The Bertz CT molecular complexity index is 458. The molecule has 1 aliphatic rings. The van der Waals surface area contributed by atoms with Crippen molar-refractivity contribution in [1.82, 2.24) is 4.90 Å². The van der Waals surface area contributed by atoms with Gasteiger partial charge in [-0.05, 0) is 24.6 Å². The summed E-state index contributed by atoms with van der Waals surface area (Å²) in [5, 5.41) is 8.81. The third kappa shape index (κ3) is 4.33. The van der Waals surface area contributed by atoms with Gasteiger partial charge in [-0.3, -0.25) is 19.8 Å². The molecule has 0 amide bonds. The van der Waals surface area contributed by atoms with Crippen LogP contribution < -0.4 is 0 Å². The molecule has 6 heteroatoms. The molecular weight excluding hydrogens is 248 g/mol. The topological polar surface area (TPSA) is 72.7 Å². The molecule has 1 aromatic rings.